The molecule has 0 atom stereocenters. The van der Waals surface area contributed by atoms with Crippen LogP contribution in [0, 0.1) is 20.2 Å². The van der Waals surface area contributed by atoms with Crippen molar-refractivity contribution in [3.8, 4) is 0 Å². The molecule has 0 saturated carbocycles. The number of rotatable bonds is 4. The van der Waals surface area contributed by atoms with Gasteiger partial charge in [0.2, 0.25) is 0 Å². The van der Waals surface area contributed by atoms with E-state index in [2.05, 4.69) is 5.32 Å². The van der Waals surface area contributed by atoms with Crippen LogP contribution in [0.3, 0.4) is 0 Å². The van der Waals surface area contributed by atoms with E-state index in [-0.39, 0.29) is 21.5 Å². The van der Waals surface area contributed by atoms with Gasteiger partial charge in [-0.25, -0.2) is 0 Å². The van der Waals surface area contributed by atoms with Gasteiger partial charge in [-0.15, -0.1) is 0 Å². The topological polar surface area (TPSA) is 122 Å². The molecular weight excluding hydrogens is 386 g/mol. The first kappa shape index (κ1) is 18.2. The van der Waals surface area contributed by atoms with Gasteiger partial charge in [-0.2, -0.15) is 0 Å². The predicted octanol–water partition coefficient (Wildman–Crippen LogP) is 2.49. The Kier molecular flexibility index (Phi) is 4.59. The van der Waals surface area contributed by atoms with E-state index in [9.17, 15) is 25.0 Å². The van der Waals surface area contributed by atoms with Gasteiger partial charge in [0.05, 0.1) is 14.7 Å². The molecule has 2 aliphatic rings. The molecule has 0 unspecified atom stereocenters. The van der Waals surface area contributed by atoms with Crippen LogP contribution in [0.1, 0.15) is 15.2 Å². The molecule has 11 heteroatoms. The zero-order valence-electron chi connectivity index (χ0n) is 14.8. The van der Waals surface area contributed by atoms with Crippen LogP contribution in [-0.2, 0) is 6.42 Å². The molecule has 1 N–H and O–H groups in total. The Morgan fingerprint density at radius 3 is 2.43 bits per heavy atom. The monoisotopic (exact) mass is 403 g/mol. The summed E-state index contributed by atoms with van der Waals surface area (Å²) in [6.07, 6.45) is 0.727. The van der Waals surface area contributed by atoms with Crippen LogP contribution < -0.4 is 10.2 Å². The Hall–Kier alpha value is -3.21. The SMILES string of the molecule is O=C(c1ccc([N+](=O)[O-])s1)N1CCN(c2c([N+](=O)[O-])ccc3c2CCN3)CC1. The van der Waals surface area contributed by atoms with E-state index >= 15 is 0 Å². The van der Waals surface area contributed by atoms with Crippen molar-refractivity contribution in [2.24, 2.45) is 0 Å². The first-order valence-electron chi connectivity index (χ1n) is 8.78. The lowest BCUT2D eigenvalue weighted by molar-refractivity contribution is -0.384. The molecule has 0 spiro atoms. The van der Waals surface area contributed by atoms with Crippen molar-refractivity contribution in [2.45, 2.75) is 6.42 Å². The third-order valence-corrected chi connectivity index (χ3v) is 6.04. The maximum Gasteiger partial charge on any atom is 0.324 e. The molecule has 0 bridgehead atoms. The molecule has 0 aliphatic carbocycles. The average Bonchev–Trinajstić information content (AvgIpc) is 3.36. The smallest absolute Gasteiger partial charge is 0.324 e. The van der Waals surface area contributed by atoms with Gasteiger partial charge >= 0.3 is 5.00 Å². The van der Waals surface area contributed by atoms with Crippen LogP contribution in [0.2, 0.25) is 0 Å². The van der Waals surface area contributed by atoms with Crippen molar-refractivity contribution < 1.29 is 14.6 Å². The van der Waals surface area contributed by atoms with Gasteiger partial charge in [0.15, 0.2) is 0 Å². The average molecular weight is 403 g/mol. The number of amides is 1. The zero-order valence-corrected chi connectivity index (χ0v) is 15.6. The molecule has 4 rings (SSSR count). The van der Waals surface area contributed by atoms with Crippen molar-refractivity contribution in [2.75, 3.05) is 42.9 Å². The van der Waals surface area contributed by atoms with Crippen molar-refractivity contribution >= 4 is 39.3 Å². The molecule has 28 heavy (non-hydrogen) atoms. The Morgan fingerprint density at radius 1 is 1.04 bits per heavy atom. The minimum atomic E-state index is -0.511. The molecule has 1 aromatic carbocycles. The number of nitro benzene ring substituents is 1. The van der Waals surface area contributed by atoms with Gasteiger partial charge in [0, 0.05) is 56.1 Å². The highest BCUT2D eigenvalue weighted by Gasteiger charge is 2.31. The van der Waals surface area contributed by atoms with E-state index in [1.165, 1.54) is 18.2 Å². The van der Waals surface area contributed by atoms with Crippen molar-refractivity contribution in [1.29, 1.82) is 0 Å². The molecule has 1 amide bonds. The van der Waals surface area contributed by atoms with E-state index in [0.717, 1.165) is 35.6 Å². The number of nitrogens with one attached hydrogen (secondary N) is 1. The van der Waals surface area contributed by atoms with Crippen LogP contribution in [0.25, 0.3) is 0 Å². The minimum Gasteiger partial charge on any atom is -0.384 e. The van der Waals surface area contributed by atoms with E-state index < -0.39 is 4.92 Å². The van der Waals surface area contributed by atoms with Crippen molar-refractivity contribution in [1.82, 2.24) is 4.90 Å². The summed E-state index contributed by atoms with van der Waals surface area (Å²) in [6, 6.07) is 6.07. The molecule has 2 aromatic rings. The summed E-state index contributed by atoms with van der Waals surface area (Å²) in [6.45, 7) is 2.49. The minimum absolute atomic E-state index is 0.0649. The highest BCUT2D eigenvalue weighted by Crippen LogP contribution is 2.40. The molecule has 2 aliphatic heterocycles. The lowest BCUT2D eigenvalue weighted by Crippen LogP contribution is -2.49. The molecular formula is C17H17N5O5S. The van der Waals surface area contributed by atoms with E-state index in [1.54, 1.807) is 11.0 Å². The van der Waals surface area contributed by atoms with Crippen LogP contribution >= 0.6 is 11.3 Å². The van der Waals surface area contributed by atoms with E-state index in [4.69, 9.17) is 0 Å². The van der Waals surface area contributed by atoms with Crippen molar-refractivity contribution in [3.63, 3.8) is 0 Å². The van der Waals surface area contributed by atoms with E-state index in [1.807, 2.05) is 4.90 Å². The number of thiophene rings is 1. The fourth-order valence-corrected chi connectivity index (χ4v) is 4.48. The highest BCUT2D eigenvalue weighted by molar-refractivity contribution is 7.17. The number of piperazine rings is 1. The second kappa shape index (κ2) is 7.08. The second-order valence-electron chi connectivity index (χ2n) is 6.57. The third kappa shape index (κ3) is 3.13. The first-order valence-corrected chi connectivity index (χ1v) is 9.60. The number of carbonyl (C=O) groups is 1. The Morgan fingerprint density at radius 2 is 1.79 bits per heavy atom. The lowest BCUT2D eigenvalue weighted by Gasteiger charge is -2.36. The fraction of sp³-hybridized carbons (Fsp3) is 0.353. The summed E-state index contributed by atoms with van der Waals surface area (Å²) in [4.78, 5) is 38.0. The van der Waals surface area contributed by atoms with Gasteiger partial charge in [-0.05, 0) is 18.6 Å². The summed E-state index contributed by atoms with van der Waals surface area (Å²) in [5.41, 5.74) is 2.58. The maximum atomic E-state index is 12.6. The molecule has 1 aromatic heterocycles. The highest BCUT2D eigenvalue weighted by atomic mass is 32.1. The second-order valence-corrected chi connectivity index (χ2v) is 7.63. The normalized spacial score (nSPS) is 15.9. The maximum absolute atomic E-state index is 12.6. The summed E-state index contributed by atoms with van der Waals surface area (Å²) < 4.78 is 0. The van der Waals surface area contributed by atoms with Crippen molar-refractivity contribution in [3.05, 3.63) is 54.9 Å². The molecule has 0 radical (unpaired) electrons. The Balaban J connectivity index is 1.52. The number of carbonyl (C=O) groups excluding carboxylic acids is 1. The Bertz CT molecular complexity index is 967. The molecule has 3 heterocycles. The number of benzene rings is 1. The largest absolute Gasteiger partial charge is 0.384 e. The molecule has 146 valence electrons. The first-order chi connectivity index (χ1) is 13.5. The zero-order chi connectivity index (χ0) is 19.8. The van der Waals surface area contributed by atoms with Gasteiger partial charge in [0.25, 0.3) is 11.6 Å². The summed E-state index contributed by atoms with van der Waals surface area (Å²) in [5.74, 6) is -0.243. The summed E-state index contributed by atoms with van der Waals surface area (Å²) >= 11 is 0.861. The van der Waals surface area contributed by atoms with Crippen LogP contribution in [0.5, 0.6) is 0 Å². The number of hydrogen-bond donors (Lipinski definition) is 1. The van der Waals surface area contributed by atoms with E-state index in [0.29, 0.717) is 36.7 Å². The van der Waals surface area contributed by atoms with Crippen LogP contribution in [0.4, 0.5) is 22.1 Å². The Labute approximate surface area is 163 Å². The van der Waals surface area contributed by atoms with Gasteiger partial charge in [-0.3, -0.25) is 25.0 Å². The number of nitro groups is 2. The molecule has 1 fully saturated rings. The van der Waals surface area contributed by atoms with Gasteiger partial charge in [-0.1, -0.05) is 11.3 Å². The molecule has 1 saturated heterocycles. The van der Waals surface area contributed by atoms with Crippen LogP contribution in [0.15, 0.2) is 24.3 Å². The predicted molar refractivity (Wildman–Crippen MR) is 104 cm³/mol. The van der Waals surface area contributed by atoms with Gasteiger partial charge < -0.3 is 15.1 Å². The summed E-state index contributed by atoms with van der Waals surface area (Å²) in [5, 5.41) is 25.5. The lowest BCUT2D eigenvalue weighted by atomic mass is 10.1. The summed E-state index contributed by atoms with van der Waals surface area (Å²) in [7, 11) is 0. The number of anilines is 2. The van der Waals surface area contributed by atoms with Gasteiger partial charge in [0.1, 0.15) is 5.69 Å². The van der Waals surface area contributed by atoms with Crippen LogP contribution in [-0.4, -0.2) is 53.4 Å². The number of nitrogens with zero attached hydrogens (tertiary/aromatic N) is 4. The standard InChI is InChI=1S/C17H17N5O5S/c23-17(14-3-4-15(28-14)22(26)27)20-9-7-19(8-10-20)16-11-5-6-18-12(11)1-2-13(16)21(24)25/h1-4,18H,5-10H2. The number of hydrogen-bond acceptors (Lipinski definition) is 8. The number of fused-ring (bicyclic) bond motifs is 1. The fourth-order valence-electron chi connectivity index (χ4n) is 3.69. The third-order valence-electron chi connectivity index (χ3n) is 5.01. The quantitative estimate of drug-likeness (QED) is 0.615. The molecule has 10 nitrogen and oxygen atoms in total.